The molecule has 0 radical (unpaired) electrons. The van der Waals surface area contributed by atoms with Crippen LogP contribution in [0.4, 0.5) is 0 Å². The number of rotatable bonds is 16. The fraction of sp³-hybridized carbons (Fsp3) is 0.656. The second-order valence-electron chi connectivity index (χ2n) is 11.4. The minimum Gasteiger partial charge on any atom is -0.476 e. The summed E-state index contributed by atoms with van der Waals surface area (Å²) in [4.78, 5) is 111. The lowest BCUT2D eigenvalue weighted by atomic mass is 9.93. The summed E-state index contributed by atoms with van der Waals surface area (Å²) < 4.78 is 65.6. The van der Waals surface area contributed by atoms with Gasteiger partial charge in [0.1, 0.15) is 31.3 Å². The first-order valence-corrected chi connectivity index (χ1v) is 16.5. The molecule has 302 valence electrons. The van der Waals surface area contributed by atoms with Gasteiger partial charge in [0, 0.05) is 54.5 Å². The van der Waals surface area contributed by atoms with E-state index in [1.54, 1.807) is 0 Å². The smallest absolute Gasteiger partial charge is 0.373 e. The normalized spacial score (nSPS) is 25.8. The second-order valence-corrected chi connectivity index (χ2v) is 11.7. The predicted octanol–water partition coefficient (Wildman–Crippen LogP) is -0.512. The third kappa shape index (κ3) is 13.8. The summed E-state index contributed by atoms with van der Waals surface area (Å²) in [7, 11) is 0.996. The van der Waals surface area contributed by atoms with Gasteiger partial charge in [-0.15, -0.1) is 11.6 Å². The highest BCUT2D eigenvalue weighted by Gasteiger charge is 2.58. The van der Waals surface area contributed by atoms with Gasteiger partial charge in [0.15, 0.2) is 49.0 Å². The number of carbonyl (C=O) groups is 9. The van der Waals surface area contributed by atoms with E-state index in [2.05, 4.69) is 0 Å². The van der Waals surface area contributed by atoms with Crippen molar-refractivity contribution in [3.63, 3.8) is 0 Å². The van der Waals surface area contributed by atoms with Crippen LogP contribution < -0.4 is 0 Å². The van der Waals surface area contributed by atoms with Crippen molar-refractivity contribution < 1.29 is 100.0 Å². The summed E-state index contributed by atoms with van der Waals surface area (Å²) in [6.45, 7) is 5.50. The van der Waals surface area contributed by atoms with Crippen LogP contribution in [-0.4, -0.2) is 141 Å². The molecule has 1 saturated heterocycles. The number of halogens is 1. The highest BCUT2D eigenvalue weighted by molar-refractivity contribution is 6.26. The van der Waals surface area contributed by atoms with Crippen molar-refractivity contribution in [3.8, 4) is 0 Å². The molecule has 2 aliphatic heterocycles. The van der Waals surface area contributed by atoms with Crippen molar-refractivity contribution in [2.45, 2.75) is 110 Å². The Morgan fingerprint density at radius 1 is 0.630 bits per heavy atom. The number of methoxy groups -OCH3 is 1. The van der Waals surface area contributed by atoms with Gasteiger partial charge < -0.3 is 56.8 Å². The van der Waals surface area contributed by atoms with Crippen LogP contribution in [0.15, 0.2) is 11.8 Å². The summed E-state index contributed by atoms with van der Waals surface area (Å²) in [5.41, 5.74) is 0. The molecule has 0 aromatic carbocycles. The Kier molecular flexibility index (Phi) is 17.6. The van der Waals surface area contributed by atoms with Crippen LogP contribution in [0.1, 0.15) is 48.5 Å². The fourth-order valence-corrected chi connectivity index (χ4v) is 5.28. The Balaban J connectivity index is 2.92. The lowest BCUT2D eigenvalue weighted by Crippen LogP contribution is -2.67. The highest BCUT2D eigenvalue weighted by Crippen LogP contribution is 2.36. The molecule has 0 saturated carbocycles. The summed E-state index contributed by atoms with van der Waals surface area (Å²) in [5.74, 6) is -10.1. The molecule has 2 aliphatic rings. The monoisotopic (exact) mass is 796 g/mol. The Labute approximate surface area is 312 Å². The van der Waals surface area contributed by atoms with Crippen LogP contribution in [0.2, 0.25) is 0 Å². The summed E-state index contributed by atoms with van der Waals surface area (Å²) >= 11 is 5.71. The van der Waals surface area contributed by atoms with Crippen LogP contribution in [0.3, 0.4) is 0 Å². The zero-order valence-electron chi connectivity index (χ0n) is 30.4. The minimum absolute atomic E-state index is 0.599. The maximum atomic E-state index is 12.7. The number of hydrogen-bond acceptors (Lipinski definition) is 21. The molecule has 0 spiro atoms. The molecule has 2 rings (SSSR count). The van der Waals surface area contributed by atoms with Gasteiger partial charge in [-0.3, -0.25) is 38.4 Å². The van der Waals surface area contributed by atoms with Crippen LogP contribution in [0.25, 0.3) is 0 Å². The topological polar surface area (TPSA) is 264 Å². The second kappa shape index (κ2) is 21.0. The van der Waals surface area contributed by atoms with Crippen LogP contribution >= 0.6 is 11.6 Å². The van der Waals surface area contributed by atoms with Crippen molar-refractivity contribution in [2.75, 3.05) is 26.2 Å². The van der Waals surface area contributed by atoms with Crippen LogP contribution in [0.5, 0.6) is 0 Å². The van der Waals surface area contributed by atoms with Gasteiger partial charge in [0.25, 0.3) is 0 Å². The Bertz CT molecular complexity index is 1460. The van der Waals surface area contributed by atoms with Gasteiger partial charge in [-0.25, -0.2) is 4.79 Å². The van der Waals surface area contributed by atoms with Crippen molar-refractivity contribution >= 4 is 65.3 Å². The molecule has 0 aromatic rings. The Hall–Kier alpha value is -5.02. The van der Waals surface area contributed by atoms with Gasteiger partial charge in [-0.05, 0) is 0 Å². The van der Waals surface area contributed by atoms with Crippen molar-refractivity contribution in [1.29, 1.82) is 0 Å². The van der Waals surface area contributed by atoms with Gasteiger partial charge in [-0.1, -0.05) is 0 Å². The fourth-order valence-electron chi connectivity index (χ4n) is 5.21. The molecule has 1 fully saturated rings. The molecule has 0 N–H and O–H groups in total. The number of esters is 9. The van der Waals surface area contributed by atoms with Gasteiger partial charge in [-0.2, -0.15) is 0 Å². The summed E-state index contributed by atoms with van der Waals surface area (Å²) in [6.07, 6.45) is -16.9. The van der Waals surface area contributed by atoms with E-state index < -0.39 is 140 Å². The SMILES string of the molecule is COC(=O)C1=C[C@@H](OC(=O)CCl)[C@@H](O[C@H]2O[C@H]([C@H](COC(C)=O)OC(C)=O)[C@@H](OC(C)=O)[C@H](OC(C)=O)[C@@H]2OC(C)=O)[C@@H]([C@@H](COC(C)=O)OC(C)=O)O1. The maximum Gasteiger partial charge on any atom is 0.373 e. The Morgan fingerprint density at radius 2 is 1.11 bits per heavy atom. The van der Waals surface area contributed by atoms with Crippen LogP contribution in [0, 0.1) is 0 Å². The molecule has 54 heavy (non-hydrogen) atoms. The first-order valence-electron chi connectivity index (χ1n) is 15.9. The highest BCUT2D eigenvalue weighted by atomic mass is 35.5. The molecule has 0 aliphatic carbocycles. The van der Waals surface area contributed by atoms with Crippen molar-refractivity contribution in [3.05, 3.63) is 11.8 Å². The number of carbonyl (C=O) groups excluding carboxylic acids is 9. The predicted molar refractivity (Wildman–Crippen MR) is 170 cm³/mol. The van der Waals surface area contributed by atoms with E-state index in [9.17, 15) is 43.2 Å². The van der Waals surface area contributed by atoms with E-state index in [0.29, 0.717) is 0 Å². The molecule has 0 bridgehead atoms. The molecule has 10 atom stereocenters. The maximum absolute atomic E-state index is 12.7. The van der Waals surface area contributed by atoms with E-state index in [0.717, 1.165) is 61.7 Å². The first-order chi connectivity index (χ1) is 25.3. The third-order valence-corrected chi connectivity index (χ3v) is 7.21. The van der Waals surface area contributed by atoms with Gasteiger partial charge >= 0.3 is 53.7 Å². The molecule has 0 unspecified atom stereocenters. The molecule has 2 heterocycles. The third-order valence-electron chi connectivity index (χ3n) is 6.99. The van der Waals surface area contributed by atoms with Crippen LogP contribution in [-0.2, 0) is 100.0 Å². The molecule has 22 heteroatoms. The summed E-state index contributed by atoms with van der Waals surface area (Å²) in [5, 5.41) is 0. The Morgan fingerprint density at radius 3 is 1.56 bits per heavy atom. The average Bonchev–Trinajstić information content (AvgIpc) is 3.06. The summed E-state index contributed by atoms with van der Waals surface area (Å²) in [6, 6.07) is 0. The number of ether oxygens (including phenoxy) is 12. The molecular formula is C32H41ClO21. The molecule has 0 aromatic heterocycles. The first kappa shape index (κ1) is 45.1. The van der Waals surface area contributed by atoms with Gasteiger partial charge in [0.05, 0.1) is 7.11 Å². The van der Waals surface area contributed by atoms with E-state index in [1.165, 1.54) is 0 Å². The molecule has 0 amide bonds. The van der Waals surface area contributed by atoms with E-state index in [-0.39, 0.29) is 0 Å². The lowest BCUT2D eigenvalue weighted by Gasteiger charge is -2.48. The zero-order valence-corrected chi connectivity index (χ0v) is 31.2. The van der Waals surface area contributed by atoms with E-state index in [1.807, 2.05) is 0 Å². The number of alkyl halides is 1. The minimum atomic E-state index is -2.03. The largest absolute Gasteiger partial charge is 0.476 e. The number of hydrogen-bond donors (Lipinski definition) is 0. The molecular weight excluding hydrogens is 756 g/mol. The lowest BCUT2D eigenvalue weighted by molar-refractivity contribution is -0.338. The quantitative estimate of drug-likeness (QED) is 0.108. The molecule has 21 nitrogen and oxygen atoms in total. The van der Waals surface area contributed by atoms with Crippen molar-refractivity contribution in [1.82, 2.24) is 0 Å². The van der Waals surface area contributed by atoms with Crippen molar-refractivity contribution in [2.24, 2.45) is 0 Å². The van der Waals surface area contributed by atoms with E-state index in [4.69, 9.17) is 68.4 Å². The zero-order chi connectivity index (χ0) is 40.9. The van der Waals surface area contributed by atoms with E-state index >= 15 is 0 Å². The standard InChI is InChI=1S/C32H41ClO21/c1-13(34)44-11-22(46-15(3)36)26-25(20(51-24(41)10-33)9-21(52-26)31(42)43-8)53-32-30(50-19(7)40)29(49-18(6)39)28(48-17(5)38)27(54-32)23(47-16(4)37)12-45-14(2)35/h9,20,22-23,25-30,32H,10-12H2,1-8H3/t20-,22-,23+,25-,26-,27-,28-,29+,30+,32+/m1/s1. The van der Waals surface area contributed by atoms with Gasteiger partial charge in [0.2, 0.25) is 5.76 Å². The average molecular weight is 797 g/mol.